The SMILES string of the molecule is COC(=O)CCc1cccc2c1CCN(C(=O)OC(C)(C)C)[C@H]2C. The fourth-order valence-corrected chi connectivity index (χ4v) is 3.09. The molecule has 1 atom stereocenters. The zero-order chi connectivity index (χ0) is 17.9. The number of carbonyl (C=O) groups excluding carboxylic acids is 2. The van der Waals surface area contributed by atoms with Crippen molar-refractivity contribution in [1.82, 2.24) is 4.90 Å². The number of nitrogens with zero attached hydrogens (tertiary/aromatic N) is 1. The molecule has 0 saturated heterocycles. The van der Waals surface area contributed by atoms with Crippen LogP contribution in [-0.4, -0.2) is 36.2 Å². The molecule has 0 spiro atoms. The molecule has 24 heavy (non-hydrogen) atoms. The van der Waals surface area contributed by atoms with Crippen molar-refractivity contribution in [3.05, 3.63) is 34.9 Å². The third-order valence-corrected chi connectivity index (χ3v) is 4.28. The monoisotopic (exact) mass is 333 g/mol. The number of hydrogen-bond acceptors (Lipinski definition) is 4. The molecule has 5 nitrogen and oxygen atoms in total. The highest BCUT2D eigenvalue weighted by atomic mass is 16.6. The van der Waals surface area contributed by atoms with E-state index >= 15 is 0 Å². The van der Waals surface area contributed by atoms with Gasteiger partial charge < -0.3 is 14.4 Å². The van der Waals surface area contributed by atoms with Crippen LogP contribution in [-0.2, 0) is 27.1 Å². The molecule has 1 aliphatic rings. The lowest BCUT2D eigenvalue weighted by Crippen LogP contribution is -2.42. The van der Waals surface area contributed by atoms with Crippen molar-refractivity contribution in [3.8, 4) is 0 Å². The molecule has 5 heteroatoms. The largest absolute Gasteiger partial charge is 0.469 e. The van der Waals surface area contributed by atoms with Crippen molar-refractivity contribution in [1.29, 1.82) is 0 Å². The van der Waals surface area contributed by atoms with Crippen molar-refractivity contribution in [3.63, 3.8) is 0 Å². The summed E-state index contributed by atoms with van der Waals surface area (Å²) in [4.78, 5) is 25.6. The van der Waals surface area contributed by atoms with E-state index in [1.54, 1.807) is 4.90 Å². The van der Waals surface area contributed by atoms with Gasteiger partial charge in [-0.3, -0.25) is 4.79 Å². The fraction of sp³-hybridized carbons (Fsp3) is 0.579. The Bertz CT molecular complexity index is 618. The minimum Gasteiger partial charge on any atom is -0.469 e. The first-order valence-corrected chi connectivity index (χ1v) is 8.40. The number of esters is 1. The Morgan fingerprint density at radius 2 is 2.00 bits per heavy atom. The summed E-state index contributed by atoms with van der Waals surface area (Å²) < 4.78 is 10.2. The molecule has 0 bridgehead atoms. The Morgan fingerprint density at radius 3 is 2.62 bits per heavy atom. The molecular weight excluding hydrogens is 306 g/mol. The van der Waals surface area contributed by atoms with Crippen molar-refractivity contribution in [2.75, 3.05) is 13.7 Å². The van der Waals surface area contributed by atoms with Crippen LogP contribution in [0.4, 0.5) is 4.79 Å². The number of fused-ring (bicyclic) bond motifs is 1. The third kappa shape index (κ3) is 4.28. The molecule has 2 rings (SSSR count). The van der Waals surface area contributed by atoms with Gasteiger partial charge in [0.2, 0.25) is 0 Å². The Kier molecular flexibility index (Phi) is 5.52. The van der Waals surface area contributed by atoms with E-state index in [0.29, 0.717) is 19.4 Å². The summed E-state index contributed by atoms with van der Waals surface area (Å²) in [6.45, 7) is 8.26. The topological polar surface area (TPSA) is 55.8 Å². The fourth-order valence-electron chi connectivity index (χ4n) is 3.09. The number of hydrogen-bond donors (Lipinski definition) is 0. The molecule has 1 aromatic carbocycles. The average Bonchev–Trinajstić information content (AvgIpc) is 2.51. The van der Waals surface area contributed by atoms with Crippen LogP contribution in [0.25, 0.3) is 0 Å². The van der Waals surface area contributed by atoms with Crippen molar-refractivity contribution in [2.24, 2.45) is 0 Å². The lowest BCUT2D eigenvalue weighted by atomic mass is 9.88. The standard InChI is InChI=1S/C19H27NO4/c1-13-15-8-6-7-14(9-10-17(21)23-5)16(15)11-12-20(13)18(22)24-19(2,3)4/h6-8,13H,9-12H2,1-5H3/t13-/m0/s1. The van der Waals surface area contributed by atoms with Crippen molar-refractivity contribution in [2.45, 2.75) is 58.6 Å². The molecule has 132 valence electrons. The van der Waals surface area contributed by atoms with Crippen molar-refractivity contribution >= 4 is 12.1 Å². The Balaban J connectivity index is 2.17. The van der Waals surface area contributed by atoms with Crippen molar-refractivity contribution < 1.29 is 19.1 Å². The van der Waals surface area contributed by atoms with Gasteiger partial charge in [0, 0.05) is 13.0 Å². The number of aryl methyl sites for hydroxylation is 1. The summed E-state index contributed by atoms with van der Waals surface area (Å²) in [5, 5.41) is 0. The Labute approximate surface area is 143 Å². The molecule has 1 aliphatic heterocycles. The van der Waals surface area contributed by atoms with Crippen LogP contribution in [0.3, 0.4) is 0 Å². The van der Waals surface area contributed by atoms with Gasteiger partial charge in [-0.1, -0.05) is 18.2 Å². The minimum atomic E-state index is -0.501. The van der Waals surface area contributed by atoms with E-state index in [4.69, 9.17) is 9.47 Å². The van der Waals surface area contributed by atoms with Gasteiger partial charge in [0.05, 0.1) is 13.2 Å². The molecule has 0 unspecified atom stereocenters. The molecule has 0 saturated carbocycles. The van der Waals surface area contributed by atoms with E-state index in [1.807, 2.05) is 33.8 Å². The second-order valence-corrected chi connectivity index (χ2v) is 7.16. The van der Waals surface area contributed by atoms with Crippen LogP contribution in [0.1, 0.15) is 56.8 Å². The first-order valence-electron chi connectivity index (χ1n) is 8.40. The van der Waals surface area contributed by atoms with E-state index in [9.17, 15) is 9.59 Å². The van der Waals surface area contributed by atoms with E-state index in [0.717, 1.165) is 17.5 Å². The Morgan fingerprint density at radius 1 is 1.29 bits per heavy atom. The number of amides is 1. The van der Waals surface area contributed by atoms with Gasteiger partial charge in [-0.25, -0.2) is 4.79 Å². The predicted octanol–water partition coefficient (Wildman–Crippen LogP) is 3.65. The summed E-state index contributed by atoms with van der Waals surface area (Å²) in [6.07, 6.45) is 1.53. The molecule has 0 N–H and O–H groups in total. The van der Waals surface area contributed by atoms with Crippen LogP contribution in [0.5, 0.6) is 0 Å². The van der Waals surface area contributed by atoms with Crippen LogP contribution in [0, 0.1) is 0 Å². The zero-order valence-corrected chi connectivity index (χ0v) is 15.2. The lowest BCUT2D eigenvalue weighted by molar-refractivity contribution is -0.140. The lowest BCUT2D eigenvalue weighted by Gasteiger charge is -2.37. The normalized spacial score (nSPS) is 17.2. The predicted molar refractivity (Wildman–Crippen MR) is 91.8 cm³/mol. The van der Waals surface area contributed by atoms with Crippen LogP contribution in [0.15, 0.2) is 18.2 Å². The molecule has 1 amide bonds. The van der Waals surface area contributed by atoms with Crippen LogP contribution in [0.2, 0.25) is 0 Å². The zero-order valence-electron chi connectivity index (χ0n) is 15.2. The highest BCUT2D eigenvalue weighted by molar-refractivity contribution is 5.70. The molecular formula is C19H27NO4. The van der Waals surface area contributed by atoms with Gasteiger partial charge >= 0.3 is 12.1 Å². The summed E-state index contributed by atoms with van der Waals surface area (Å²) in [5.41, 5.74) is 3.04. The van der Waals surface area contributed by atoms with Gasteiger partial charge in [-0.05, 0) is 57.2 Å². The third-order valence-electron chi connectivity index (χ3n) is 4.28. The average molecular weight is 333 g/mol. The van der Waals surface area contributed by atoms with E-state index in [1.165, 1.54) is 12.7 Å². The maximum atomic E-state index is 12.4. The smallest absolute Gasteiger partial charge is 0.410 e. The van der Waals surface area contributed by atoms with E-state index in [-0.39, 0.29) is 18.1 Å². The molecule has 0 aromatic heterocycles. The molecule has 0 radical (unpaired) electrons. The number of carbonyl (C=O) groups is 2. The number of ether oxygens (including phenoxy) is 2. The highest BCUT2D eigenvalue weighted by Crippen LogP contribution is 2.32. The summed E-state index contributed by atoms with van der Waals surface area (Å²) >= 11 is 0. The first kappa shape index (κ1) is 18.3. The number of benzene rings is 1. The van der Waals surface area contributed by atoms with Gasteiger partial charge in [-0.15, -0.1) is 0 Å². The number of methoxy groups -OCH3 is 1. The molecule has 1 heterocycles. The van der Waals surface area contributed by atoms with E-state index < -0.39 is 5.60 Å². The van der Waals surface area contributed by atoms with Gasteiger partial charge in [0.15, 0.2) is 0 Å². The molecule has 1 aromatic rings. The second kappa shape index (κ2) is 7.24. The van der Waals surface area contributed by atoms with Crippen LogP contribution >= 0.6 is 0 Å². The van der Waals surface area contributed by atoms with Gasteiger partial charge in [0.1, 0.15) is 5.60 Å². The summed E-state index contributed by atoms with van der Waals surface area (Å²) in [6, 6.07) is 6.05. The van der Waals surface area contributed by atoms with Gasteiger partial charge in [-0.2, -0.15) is 0 Å². The highest BCUT2D eigenvalue weighted by Gasteiger charge is 2.31. The Hall–Kier alpha value is -2.04. The quantitative estimate of drug-likeness (QED) is 0.792. The summed E-state index contributed by atoms with van der Waals surface area (Å²) in [5.74, 6) is -0.202. The van der Waals surface area contributed by atoms with Gasteiger partial charge in [0.25, 0.3) is 0 Å². The number of rotatable bonds is 3. The molecule has 0 fully saturated rings. The van der Waals surface area contributed by atoms with Crippen LogP contribution < -0.4 is 0 Å². The maximum Gasteiger partial charge on any atom is 0.410 e. The minimum absolute atomic E-state index is 0.0401. The van der Waals surface area contributed by atoms with E-state index in [2.05, 4.69) is 12.1 Å². The second-order valence-electron chi connectivity index (χ2n) is 7.16. The summed E-state index contributed by atoms with van der Waals surface area (Å²) in [7, 11) is 1.41. The first-order chi connectivity index (χ1) is 11.2. The molecule has 0 aliphatic carbocycles. The maximum absolute atomic E-state index is 12.4.